The fourth-order valence-corrected chi connectivity index (χ4v) is 5.86. The molecule has 0 unspecified atom stereocenters. The number of nitrogens with one attached hydrogen (secondary N) is 1. The van der Waals surface area contributed by atoms with Crippen LogP contribution in [0.3, 0.4) is 0 Å². The smallest absolute Gasteiger partial charge is 0.285 e. The number of nitrogens with two attached hydrogens (primary N) is 1. The molecule has 1 spiro atoms. The Hall–Kier alpha value is -4.34. The average Bonchev–Trinajstić information content (AvgIpc) is 3.68. The van der Waals surface area contributed by atoms with Crippen LogP contribution in [0, 0.1) is 5.41 Å². The summed E-state index contributed by atoms with van der Waals surface area (Å²) < 4.78 is 11.8. The van der Waals surface area contributed by atoms with Crippen LogP contribution in [-0.4, -0.2) is 63.4 Å². The number of nitrogens with zero attached hydrogens (tertiary/aromatic N) is 5. The number of amides is 1. The van der Waals surface area contributed by atoms with Gasteiger partial charge in [-0.3, -0.25) is 10.2 Å². The number of amidine groups is 1. The number of aromatic nitrogens is 2. The number of benzene rings is 2. The lowest BCUT2D eigenvalue weighted by atomic mass is 9.88. The van der Waals surface area contributed by atoms with E-state index in [0.717, 1.165) is 41.4 Å². The number of carbonyl (C=O) groups is 1. The van der Waals surface area contributed by atoms with Crippen molar-refractivity contribution < 1.29 is 14.3 Å². The normalized spacial score (nSPS) is 18.6. The minimum absolute atomic E-state index is 0.00724. The van der Waals surface area contributed by atoms with Crippen molar-refractivity contribution in [3.63, 3.8) is 0 Å². The number of carbonyl (C=O) groups excluding carboxylic acids is 1. The maximum atomic E-state index is 12.9. The molecule has 3 heterocycles. The highest BCUT2D eigenvalue weighted by atomic mass is 16.5. The van der Waals surface area contributed by atoms with Gasteiger partial charge in [0.15, 0.2) is 12.4 Å². The van der Waals surface area contributed by atoms with Gasteiger partial charge in [0.1, 0.15) is 28.7 Å². The van der Waals surface area contributed by atoms with Crippen molar-refractivity contribution in [3.05, 3.63) is 66.0 Å². The van der Waals surface area contributed by atoms with E-state index in [2.05, 4.69) is 23.7 Å². The second kappa shape index (κ2) is 9.69. The SMILES string of the molecule is CCN1CCN(C(=N)OCc2nc(N)c3c(n2)N(c2ccc(Oc4ccccc4)cc2)CC3(C)C)C2(CC2)C1=O. The number of para-hydroxylation sites is 1. The van der Waals surface area contributed by atoms with E-state index >= 15 is 0 Å². The van der Waals surface area contributed by atoms with Crippen molar-refractivity contribution in [1.29, 1.82) is 5.41 Å². The third-order valence-electron chi connectivity index (χ3n) is 8.06. The molecule has 2 aromatic carbocycles. The van der Waals surface area contributed by atoms with Gasteiger partial charge in [0.05, 0.1) is 0 Å². The first-order chi connectivity index (χ1) is 19.2. The molecule has 3 aliphatic rings. The summed E-state index contributed by atoms with van der Waals surface area (Å²) in [5, 5.41) is 8.61. The molecule has 10 heteroatoms. The molecule has 3 N–H and O–H groups in total. The Labute approximate surface area is 234 Å². The zero-order valence-electron chi connectivity index (χ0n) is 23.2. The van der Waals surface area contributed by atoms with Crippen molar-refractivity contribution in [1.82, 2.24) is 19.8 Å². The molecule has 1 aromatic heterocycles. The van der Waals surface area contributed by atoms with Crippen LogP contribution in [-0.2, 0) is 21.6 Å². The van der Waals surface area contributed by atoms with E-state index in [1.165, 1.54) is 0 Å². The van der Waals surface area contributed by atoms with Crippen molar-refractivity contribution >= 4 is 29.3 Å². The minimum atomic E-state index is -0.625. The van der Waals surface area contributed by atoms with E-state index in [-0.39, 0.29) is 24.0 Å². The number of anilines is 3. The van der Waals surface area contributed by atoms with Crippen LogP contribution in [0.1, 0.15) is 45.0 Å². The van der Waals surface area contributed by atoms with Crippen LogP contribution in [0.4, 0.5) is 17.3 Å². The molecule has 1 amide bonds. The molecule has 2 aliphatic heterocycles. The third-order valence-corrected chi connectivity index (χ3v) is 8.06. The summed E-state index contributed by atoms with van der Waals surface area (Å²) in [4.78, 5) is 28.1. The quantitative estimate of drug-likeness (QED) is 0.347. The standard InChI is InChI=1S/C30H35N7O3/c1-4-35-16-17-37(30(14-15-30)27(35)38)28(32)39-18-23-33-25(31)24-26(34-23)36(19-29(24,2)3)20-10-12-22(13-11-20)40-21-8-6-5-7-9-21/h5-13,32H,4,14-19H2,1-3H3,(H2,31,33,34). The fraction of sp³-hybridized carbons (Fsp3) is 0.400. The Kier molecular flexibility index (Phi) is 6.28. The predicted octanol–water partition coefficient (Wildman–Crippen LogP) is 4.43. The molecule has 1 saturated carbocycles. The van der Waals surface area contributed by atoms with E-state index in [9.17, 15) is 4.79 Å². The number of piperazine rings is 1. The number of ether oxygens (including phenoxy) is 2. The zero-order valence-corrected chi connectivity index (χ0v) is 23.2. The van der Waals surface area contributed by atoms with Gasteiger partial charge in [-0.25, -0.2) is 9.97 Å². The summed E-state index contributed by atoms with van der Waals surface area (Å²) in [5.41, 5.74) is 7.46. The second-order valence-corrected chi connectivity index (χ2v) is 11.3. The van der Waals surface area contributed by atoms with E-state index < -0.39 is 5.54 Å². The van der Waals surface area contributed by atoms with Crippen molar-refractivity contribution in [3.8, 4) is 11.5 Å². The average molecular weight is 542 g/mol. The summed E-state index contributed by atoms with van der Waals surface area (Å²) in [5.74, 6) is 3.17. The van der Waals surface area contributed by atoms with Gasteiger partial charge in [-0.05, 0) is 56.2 Å². The van der Waals surface area contributed by atoms with Crippen LogP contribution in [0.5, 0.6) is 11.5 Å². The van der Waals surface area contributed by atoms with E-state index in [1.807, 2.05) is 66.4 Å². The highest BCUT2D eigenvalue weighted by molar-refractivity contribution is 5.94. The molecular weight excluding hydrogens is 506 g/mol. The summed E-state index contributed by atoms with van der Waals surface area (Å²) in [6.45, 7) is 8.78. The van der Waals surface area contributed by atoms with Gasteiger partial charge < -0.3 is 29.9 Å². The molecule has 40 heavy (non-hydrogen) atoms. The first-order valence-corrected chi connectivity index (χ1v) is 13.8. The molecule has 208 valence electrons. The monoisotopic (exact) mass is 541 g/mol. The van der Waals surface area contributed by atoms with Gasteiger partial charge in [0, 0.05) is 42.8 Å². The van der Waals surface area contributed by atoms with Gasteiger partial charge >= 0.3 is 0 Å². The summed E-state index contributed by atoms with van der Waals surface area (Å²) in [7, 11) is 0. The van der Waals surface area contributed by atoms with Crippen molar-refractivity contribution in [2.45, 2.75) is 51.2 Å². The van der Waals surface area contributed by atoms with Crippen LogP contribution in [0.15, 0.2) is 54.6 Å². The van der Waals surface area contributed by atoms with Gasteiger partial charge in [0.2, 0.25) is 5.91 Å². The highest BCUT2D eigenvalue weighted by Gasteiger charge is 2.59. The van der Waals surface area contributed by atoms with E-state index in [1.54, 1.807) is 4.90 Å². The van der Waals surface area contributed by atoms with Gasteiger partial charge in [-0.15, -0.1) is 0 Å². The highest BCUT2D eigenvalue weighted by Crippen LogP contribution is 2.47. The number of hydrogen-bond acceptors (Lipinski definition) is 8. The second-order valence-electron chi connectivity index (χ2n) is 11.3. The predicted molar refractivity (Wildman–Crippen MR) is 153 cm³/mol. The van der Waals surface area contributed by atoms with Crippen molar-refractivity contribution in [2.75, 3.05) is 36.8 Å². The number of rotatable bonds is 6. The lowest BCUT2D eigenvalue weighted by molar-refractivity contribution is -0.141. The molecule has 0 radical (unpaired) electrons. The molecule has 1 aliphatic carbocycles. The number of nitrogen functional groups attached to an aromatic ring is 1. The Balaban J connectivity index is 1.20. The minimum Gasteiger partial charge on any atom is -0.457 e. The molecule has 0 atom stereocenters. The lowest BCUT2D eigenvalue weighted by Crippen LogP contribution is -2.60. The molecule has 10 nitrogen and oxygen atoms in total. The first-order valence-electron chi connectivity index (χ1n) is 13.8. The Morgan fingerprint density at radius 3 is 2.40 bits per heavy atom. The summed E-state index contributed by atoms with van der Waals surface area (Å²) >= 11 is 0. The lowest BCUT2D eigenvalue weighted by Gasteiger charge is -2.41. The molecule has 1 saturated heterocycles. The zero-order chi connectivity index (χ0) is 28.1. The van der Waals surface area contributed by atoms with E-state index in [0.29, 0.717) is 37.8 Å². The van der Waals surface area contributed by atoms with E-state index in [4.69, 9.17) is 25.6 Å². The Morgan fingerprint density at radius 1 is 1.02 bits per heavy atom. The molecule has 6 rings (SSSR count). The topological polar surface area (TPSA) is 121 Å². The molecular formula is C30H35N7O3. The summed E-state index contributed by atoms with van der Waals surface area (Å²) in [6, 6.07) is 17.6. The maximum Gasteiger partial charge on any atom is 0.285 e. The molecule has 3 aromatic rings. The van der Waals surface area contributed by atoms with Crippen LogP contribution < -0.4 is 15.4 Å². The maximum absolute atomic E-state index is 12.9. The van der Waals surface area contributed by atoms with Crippen LogP contribution >= 0.6 is 0 Å². The van der Waals surface area contributed by atoms with Crippen LogP contribution in [0.2, 0.25) is 0 Å². The third kappa shape index (κ3) is 4.47. The number of fused-ring (bicyclic) bond motifs is 1. The van der Waals surface area contributed by atoms with Gasteiger partial charge in [-0.1, -0.05) is 32.0 Å². The Bertz CT molecular complexity index is 1440. The number of hydrogen-bond donors (Lipinski definition) is 2. The largest absolute Gasteiger partial charge is 0.457 e. The Morgan fingerprint density at radius 2 is 1.73 bits per heavy atom. The van der Waals surface area contributed by atoms with Crippen molar-refractivity contribution in [2.24, 2.45) is 0 Å². The summed E-state index contributed by atoms with van der Waals surface area (Å²) in [6.07, 6.45) is 1.49. The van der Waals surface area contributed by atoms with Gasteiger partial charge in [-0.2, -0.15) is 0 Å². The first kappa shape index (κ1) is 25.9. The fourth-order valence-electron chi connectivity index (χ4n) is 5.86. The van der Waals surface area contributed by atoms with Gasteiger partial charge in [0.25, 0.3) is 6.02 Å². The molecule has 0 bridgehead atoms. The number of likely N-dealkylation sites (N-methyl/N-ethyl adjacent to an activating group) is 1. The van der Waals surface area contributed by atoms with Crippen LogP contribution in [0.25, 0.3) is 0 Å². The molecule has 2 fully saturated rings.